The van der Waals surface area contributed by atoms with Crippen LogP contribution >= 0.6 is 11.6 Å². The van der Waals surface area contributed by atoms with E-state index in [1.807, 2.05) is 6.92 Å². The van der Waals surface area contributed by atoms with Crippen molar-refractivity contribution in [1.29, 1.82) is 0 Å². The van der Waals surface area contributed by atoms with E-state index < -0.39 is 0 Å². The van der Waals surface area contributed by atoms with E-state index in [1.54, 1.807) is 22.8 Å². The van der Waals surface area contributed by atoms with E-state index in [2.05, 4.69) is 9.88 Å². The van der Waals surface area contributed by atoms with Gasteiger partial charge in [-0.15, -0.1) is 0 Å². The van der Waals surface area contributed by atoms with Crippen molar-refractivity contribution in [2.45, 2.75) is 32.4 Å². The minimum absolute atomic E-state index is 0.0953. The third-order valence-electron chi connectivity index (χ3n) is 4.21. The van der Waals surface area contributed by atoms with Crippen LogP contribution in [0.15, 0.2) is 23.0 Å². The SMILES string of the molecule is CC(N)c1nc2cccc(Cl)c2c(=O)n1CCN1CCCC1. The molecule has 0 spiro atoms. The molecule has 5 nitrogen and oxygen atoms in total. The first-order valence-corrected chi connectivity index (χ1v) is 8.12. The van der Waals surface area contributed by atoms with Gasteiger partial charge in [-0.25, -0.2) is 4.98 Å². The minimum Gasteiger partial charge on any atom is -0.322 e. The molecule has 2 N–H and O–H groups in total. The second-order valence-electron chi connectivity index (χ2n) is 5.90. The van der Waals surface area contributed by atoms with Crippen LogP contribution in [-0.2, 0) is 6.54 Å². The van der Waals surface area contributed by atoms with Crippen LogP contribution in [0, 0.1) is 0 Å². The summed E-state index contributed by atoms with van der Waals surface area (Å²) in [5, 5.41) is 0.927. The van der Waals surface area contributed by atoms with Crippen LogP contribution in [0.5, 0.6) is 0 Å². The molecule has 1 aromatic carbocycles. The quantitative estimate of drug-likeness (QED) is 0.937. The summed E-state index contributed by atoms with van der Waals surface area (Å²) in [6.07, 6.45) is 2.47. The second-order valence-corrected chi connectivity index (χ2v) is 6.31. The Labute approximate surface area is 134 Å². The van der Waals surface area contributed by atoms with Gasteiger partial charge in [0.1, 0.15) is 5.82 Å². The lowest BCUT2D eigenvalue weighted by molar-refractivity contribution is 0.317. The molecule has 1 aliphatic heterocycles. The van der Waals surface area contributed by atoms with Crippen LogP contribution in [0.1, 0.15) is 31.6 Å². The van der Waals surface area contributed by atoms with E-state index in [9.17, 15) is 4.79 Å². The van der Waals surface area contributed by atoms with Gasteiger partial charge in [0, 0.05) is 13.1 Å². The number of fused-ring (bicyclic) bond motifs is 1. The Hall–Kier alpha value is -1.43. The van der Waals surface area contributed by atoms with Crippen molar-refractivity contribution >= 4 is 22.5 Å². The Balaban J connectivity index is 2.05. The van der Waals surface area contributed by atoms with E-state index >= 15 is 0 Å². The fourth-order valence-electron chi connectivity index (χ4n) is 3.05. The maximum atomic E-state index is 12.8. The summed E-state index contributed by atoms with van der Waals surface area (Å²) >= 11 is 6.20. The minimum atomic E-state index is -0.297. The van der Waals surface area contributed by atoms with Crippen molar-refractivity contribution in [3.8, 4) is 0 Å². The second kappa shape index (κ2) is 6.36. The molecule has 1 saturated heterocycles. The van der Waals surface area contributed by atoms with Gasteiger partial charge in [0.2, 0.25) is 0 Å². The maximum Gasteiger partial charge on any atom is 0.262 e. The van der Waals surface area contributed by atoms with Gasteiger partial charge in [-0.3, -0.25) is 9.36 Å². The zero-order valence-electron chi connectivity index (χ0n) is 12.8. The number of rotatable bonds is 4. The molecule has 0 amide bonds. The van der Waals surface area contributed by atoms with Gasteiger partial charge >= 0.3 is 0 Å². The molecule has 2 aromatic rings. The first kappa shape index (κ1) is 15.5. The summed E-state index contributed by atoms with van der Waals surface area (Å²) in [4.78, 5) is 19.8. The van der Waals surface area contributed by atoms with Crippen molar-refractivity contribution in [1.82, 2.24) is 14.5 Å². The zero-order chi connectivity index (χ0) is 15.7. The molecule has 0 radical (unpaired) electrons. The fraction of sp³-hybridized carbons (Fsp3) is 0.500. The number of hydrogen-bond donors (Lipinski definition) is 1. The third-order valence-corrected chi connectivity index (χ3v) is 4.52. The van der Waals surface area contributed by atoms with Gasteiger partial charge in [-0.05, 0) is 45.0 Å². The molecule has 1 aromatic heterocycles. The molecule has 0 bridgehead atoms. The Morgan fingerprint density at radius 3 is 2.73 bits per heavy atom. The zero-order valence-corrected chi connectivity index (χ0v) is 13.5. The van der Waals surface area contributed by atoms with Crippen LogP contribution in [0.3, 0.4) is 0 Å². The van der Waals surface area contributed by atoms with E-state index in [0.717, 1.165) is 19.6 Å². The third kappa shape index (κ3) is 2.89. The Morgan fingerprint density at radius 1 is 1.32 bits per heavy atom. The van der Waals surface area contributed by atoms with Gasteiger partial charge in [-0.1, -0.05) is 17.7 Å². The highest BCUT2D eigenvalue weighted by Crippen LogP contribution is 2.20. The highest BCUT2D eigenvalue weighted by molar-refractivity contribution is 6.35. The van der Waals surface area contributed by atoms with Crippen LogP contribution in [0.2, 0.25) is 5.02 Å². The molecule has 22 heavy (non-hydrogen) atoms. The molecule has 3 rings (SSSR count). The normalized spacial score (nSPS) is 17.2. The van der Waals surface area contributed by atoms with E-state index in [0.29, 0.717) is 28.3 Å². The number of aromatic nitrogens is 2. The van der Waals surface area contributed by atoms with Gasteiger partial charge in [0.05, 0.1) is 22.0 Å². The smallest absolute Gasteiger partial charge is 0.262 e. The number of halogens is 1. The predicted octanol–water partition coefficient (Wildman–Crippen LogP) is 2.17. The van der Waals surface area contributed by atoms with Crippen molar-refractivity contribution in [2.75, 3.05) is 19.6 Å². The standard InChI is InChI=1S/C16H21ClN4O/c1-11(18)15-19-13-6-4-5-12(17)14(13)16(22)21(15)10-9-20-7-2-3-8-20/h4-6,11H,2-3,7-10,18H2,1H3. The number of nitrogens with two attached hydrogens (primary N) is 1. The van der Waals surface area contributed by atoms with E-state index in [-0.39, 0.29) is 11.6 Å². The topological polar surface area (TPSA) is 64.1 Å². The molecule has 118 valence electrons. The summed E-state index contributed by atoms with van der Waals surface area (Å²) in [5.41, 5.74) is 6.55. The van der Waals surface area contributed by atoms with Crippen molar-refractivity contribution in [3.63, 3.8) is 0 Å². The Bertz CT molecular complexity index is 735. The molecule has 1 fully saturated rings. The van der Waals surface area contributed by atoms with Crippen LogP contribution in [0.25, 0.3) is 10.9 Å². The van der Waals surface area contributed by atoms with Gasteiger partial charge in [0.25, 0.3) is 5.56 Å². The van der Waals surface area contributed by atoms with Crippen molar-refractivity contribution in [3.05, 3.63) is 39.4 Å². The number of hydrogen-bond acceptors (Lipinski definition) is 4. The van der Waals surface area contributed by atoms with Gasteiger partial charge in [0.15, 0.2) is 0 Å². The monoisotopic (exact) mass is 320 g/mol. The molecule has 2 heterocycles. The molecule has 6 heteroatoms. The van der Waals surface area contributed by atoms with Crippen molar-refractivity contribution in [2.24, 2.45) is 5.73 Å². The van der Waals surface area contributed by atoms with Crippen LogP contribution in [0.4, 0.5) is 0 Å². The van der Waals surface area contributed by atoms with E-state index in [4.69, 9.17) is 17.3 Å². The number of likely N-dealkylation sites (tertiary alicyclic amines) is 1. The first-order chi connectivity index (χ1) is 10.6. The first-order valence-electron chi connectivity index (χ1n) is 7.75. The molecule has 1 unspecified atom stereocenters. The Kier molecular flexibility index (Phi) is 4.47. The molecule has 1 atom stereocenters. The number of benzene rings is 1. The van der Waals surface area contributed by atoms with Gasteiger partial charge < -0.3 is 10.6 Å². The molecular weight excluding hydrogens is 300 g/mol. The number of nitrogens with zero attached hydrogens (tertiary/aromatic N) is 3. The lowest BCUT2D eigenvalue weighted by Crippen LogP contribution is -2.33. The summed E-state index contributed by atoms with van der Waals surface area (Å²) < 4.78 is 1.69. The highest BCUT2D eigenvalue weighted by Gasteiger charge is 2.17. The Morgan fingerprint density at radius 2 is 2.05 bits per heavy atom. The maximum absolute atomic E-state index is 12.8. The summed E-state index contributed by atoms with van der Waals surface area (Å²) in [5.74, 6) is 0.624. The summed E-state index contributed by atoms with van der Waals surface area (Å²) in [6, 6.07) is 5.04. The lowest BCUT2D eigenvalue weighted by atomic mass is 10.2. The van der Waals surface area contributed by atoms with Crippen LogP contribution < -0.4 is 11.3 Å². The molecule has 0 aliphatic carbocycles. The lowest BCUT2D eigenvalue weighted by Gasteiger charge is -2.19. The molecular formula is C16H21ClN4O. The van der Waals surface area contributed by atoms with E-state index in [1.165, 1.54) is 12.8 Å². The average molecular weight is 321 g/mol. The molecule has 1 aliphatic rings. The highest BCUT2D eigenvalue weighted by atomic mass is 35.5. The predicted molar refractivity (Wildman–Crippen MR) is 89.3 cm³/mol. The largest absolute Gasteiger partial charge is 0.322 e. The summed E-state index contributed by atoms with van der Waals surface area (Å²) in [7, 11) is 0. The van der Waals surface area contributed by atoms with Crippen LogP contribution in [-0.4, -0.2) is 34.1 Å². The molecule has 0 saturated carbocycles. The average Bonchev–Trinajstić information content (AvgIpc) is 2.99. The van der Waals surface area contributed by atoms with Crippen molar-refractivity contribution < 1.29 is 0 Å². The summed E-state index contributed by atoms with van der Waals surface area (Å²) in [6.45, 7) is 5.50. The fourth-order valence-corrected chi connectivity index (χ4v) is 3.30. The van der Waals surface area contributed by atoms with Gasteiger partial charge in [-0.2, -0.15) is 0 Å².